The van der Waals surface area contributed by atoms with E-state index in [4.69, 9.17) is 5.11 Å². The van der Waals surface area contributed by atoms with Crippen molar-refractivity contribution in [3.05, 3.63) is 0 Å². The molecular weight excluding hydrogens is 254 g/mol. The zero-order valence-corrected chi connectivity index (χ0v) is 12.7. The lowest BCUT2D eigenvalue weighted by Crippen LogP contribution is -2.35. The minimum atomic E-state index is -3.34. The maximum absolute atomic E-state index is 11.9. The van der Waals surface area contributed by atoms with Crippen LogP contribution in [0.25, 0.3) is 0 Å². The van der Waals surface area contributed by atoms with Crippen molar-refractivity contribution >= 4 is 16.0 Å². The summed E-state index contributed by atoms with van der Waals surface area (Å²) in [5.74, 6) is -1.59. The smallest absolute Gasteiger partial charge is 0.307 e. The lowest BCUT2D eigenvalue weighted by atomic mass is 9.91. The zero-order valence-electron chi connectivity index (χ0n) is 11.9. The molecule has 1 atom stereocenters. The number of aliphatic carboxylic acids is 1. The van der Waals surface area contributed by atoms with E-state index in [-0.39, 0.29) is 17.7 Å². The molecule has 0 saturated carbocycles. The van der Waals surface area contributed by atoms with Crippen molar-refractivity contribution in [3.63, 3.8) is 0 Å². The van der Waals surface area contributed by atoms with Crippen LogP contribution in [-0.2, 0) is 14.8 Å². The van der Waals surface area contributed by atoms with Crippen LogP contribution in [0.1, 0.15) is 40.5 Å². The molecule has 108 valence electrons. The highest BCUT2D eigenvalue weighted by Crippen LogP contribution is 2.21. The van der Waals surface area contributed by atoms with Gasteiger partial charge in [0, 0.05) is 13.6 Å². The highest BCUT2D eigenvalue weighted by Gasteiger charge is 2.23. The van der Waals surface area contributed by atoms with Crippen LogP contribution in [0.2, 0.25) is 0 Å². The van der Waals surface area contributed by atoms with Gasteiger partial charge in [-0.05, 0) is 18.3 Å². The molecule has 1 N–H and O–H groups in total. The Balaban J connectivity index is 4.33. The maximum atomic E-state index is 11.9. The second-order valence-corrected chi connectivity index (χ2v) is 8.20. The average Bonchev–Trinajstić information content (AvgIpc) is 2.14. The molecule has 0 aliphatic heterocycles. The van der Waals surface area contributed by atoms with Crippen LogP contribution in [0, 0.1) is 11.3 Å². The van der Waals surface area contributed by atoms with Gasteiger partial charge < -0.3 is 5.11 Å². The van der Waals surface area contributed by atoms with E-state index in [2.05, 4.69) is 20.8 Å². The van der Waals surface area contributed by atoms with E-state index in [0.29, 0.717) is 6.42 Å². The molecule has 0 fully saturated rings. The molecule has 0 aliphatic rings. The first-order chi connectivity index (χ1) is 7.96. The lowest BCUT2D eigenvalue weighted by molar-refractivity contribution is -0.141. The van der Waals surface area contributed by atoms with E-state index >= 15 is 0 Å². The van der Waals surface area contributed by atoms with Gasteiger partial charge >= 0.3 is 5.97 Å². The van der Waals surface area contributed by atoms with Crippen LogP contribution in [0.3, 0.4) is 0 Å². The summed E-state index contributed by atoms with van der Waals surface area (Å²) < 4.78 is 25.0. The van der Waals surface area contributed by atoms with Gasteiger partial charge in [-0.1, -0.05) is 27.7 Å². The Morgan fingerprint density at radius 1 is 1.33 bits per heavy atom. The molecule has 6 heteroatoms. The Labute approximate surface area is 110 Å². The predicted molar refractivity (Wildman–Crippen MR) is 71.9 cm³/mol. The molecule has 5 nitrogen and oxygen atoms in total. The SMILES string of the molecule is CC(CN(C)S(=O)(=O)CCCC(C)(C)C)C(=O)O. The van der Waals surface area contributed by atoms with Crippen LogP contribution < -0.4 is 0 Å². The zero-order chi connectivity index (χ0) is 14.6. The fourth-order valence-corrected chi connectivity index (χ4v) is 2.79. The summed E-state index contributed by atoms with van der Waals surface area (Å²) >= 11 is 0. The van der Waals surface area contributed by atoms with Gasteiger partial charge in [-0.2, -0.15) is 0 Å². The van der Waals surface area contributed by atoms with E-state index in [0.717, 1.165) is 10.7 Å². The third kappa shape index (κ3) is 6.96. The monoisotopic (exact) mass is 279 g/mol. The van der Waals surface area contributed by atoms with Crippen molar-refractivity contribution < 1.29 is 18.3 Å². The molecule has 0 heterocycles. The van der Waals surface area contributed by atoms with Crippen molar-refractivity contribution in [2.75, 3.05) is 19.3 Å². The van der Waals surface area contributed by atoms with Crippen molar-refractivity contribution in [2.24, 2.45) is 11.3 Å². The predicted octanol–water partition coefficient (Wildman–Crippen LogP) is 1.79. The quantitative estimate of drug-likeness (QED) is 0.771. The normalized spacial score (nSPS) is 14.8. The molecule has 0 saturated heterocycles. The van der Waals surface area contributed by atoms with E-state index in [1.54, 1.807) is 0 Å². The molecule has 18 heavy (non-hydrogen) atoms. The largest absolute Gasteiger partial charge is 0.481 e. The molecule has 0 spiro atoms. The van der Waals surface area contributed by atoms with Crippen LogP contribution in [0.15, 0.2) is 0 Å². The Hall–Kier alpha value is -0.620. The number of hydrogen-bond donors (Lipinski definition) is 1. The number of carbonyl (C=O) groups is 1. The number of carboxylic acids is 1. The molecular formula is C12H25NO4S. The summed E-state index contributed by atoms with van der Waals surface area (Å²) in [6, 6.07) is 0. The average molecular weight is 279 g/mol. The van der Waals surface area contributed by atoms with Crippen molar-refractivity contribution in [1.29, 1.82) is 0 Å². The lowest BCUT2D eigenvalue weighted by Gasteiger charge is -2.21. The number of rotatable bonds is 7. The Bertz CT molecular complexity index is 370. The fraction of sp³-hybridized carbons (Fsp3) is 0.917. The van der Waals surface area contributed by atoms with Crippen LogP contribution in [0.4, 0.5) is 0 Å². The Morgan fingerprint density at radius 3 is 2.22 bits per heavy atom. The van der Waals surface area contributed by atoms with Gasteiger partial charge in [0.15, 0.2) is 0 Å². The van der Waals surface area contributed by atoms with Crippen molar-refractivity contribution in [2.45, 2.75) is 40.5 Å². The van der Waals surface area contributed by atoms with Gasteiger partial charge in [0.2, 0.25) is 10.0 Å². The summed E-state index contributed by atoms with van der Waals surface area (Å²) in [6.45, 7) is 7.72. The summed E-state index contributed by atoms with van der Waals surface area (Å²) in [5, 5.41) is 8.76. The minimum Gasteiger partial charge on any atom is -0.481 e. The maximum Gasteiger partial charge on any atom is 0.307 e. The second-order valence-electron chi connectivity index (χ2n) is 6.00. The van der Waals surface area contributed by atoms with E-state index in [9.17, 15) is 13.2 Å². The van der Waals surface area contributed by atoms with Crippen LogP contribution in [-0.4, -0.2) is 43.1 Å². The molecule has 1 unspecified atom stereocenters. The van der Waals surface area contributed by atoms with Gasteiger partial charge in [0.1, 0.15) is 0 Å². The summed E-state index contributed by atoms with van der Waals surface area (Å²) in [6.07, 6.45) is 1.42. The van der Waals surface area contributed by atoms with E-state index < -0.39 is 21.9 Å². The molecule has 0 aliphatic carbocycles. The standard InChI is InChI=1S/C12H25NO4S/c1-10(11(14)15)9-13(5)18(16,17)8-6-7-12(2,3)4/h10H,6-9H2,1-5H3,(H,14,15). The molecule has 0 bridgehead atoms. The Kier molecular flexibility index (Phi) is 6.29. The van der Waals surface area contributed by atoms with Crippen LogP contribution in [0.5, 0.6) is 0 Å². The van der Waals surface area contributed by atoms with Crippen molar-refractivity contribution in [3.8, 4) is 0 Å². The molecule has 0 amide bonds. The topological polar surface area (TPSA) is 74.7 Å². The molecule has 0 rings (SSSR count). The first kappa shape index (κ1) is 17.4. The van der Waals surface area contributed by atoms with E-state index in [1.165, 1.54) is 14.0 Å². The first-order valence-electron chi connectivity index (χ1n) is 6.12. The fourth-order valence-electron chi connectivity index (χ4n) is 1.52. The van der Waals surface area contributed by atoms with Gasteiger partial charge in [-0.15, -0.1) is 0 Å². The first-order valence-corrected chi connectivity index (χ1v) is 7.73. The number of nitrogens with zero attached hydrogens (tertiary/aromatic N) is 1. The second kappa shape index (κ2) is 6.52. The minimum absolute atomic E-state index is 0.0210. The van der Waals surface area contributed by atoms with Gasteiger partial charge in [0.25, 0.3) is 0 Å². The number of carboxylic acid groups (broad SMARTS) is 1. The van der Waals surface area contributed by atoms with Gasteiger partial charge in [-0.25, -0.2) is 12.7 Å². The summed E-state index contributed by atoms with van der Waals surface area (Å²) in [4.78, 5) is 10.7. The number of hydrogen-bond acceptors (Lipinski definition) is 3. The van der Waals surface area contributed by atoms with Gasteiger partial charge in [-0.3, -0.25) is 4.79 Å². The molecule has 0 aromatic carbocycles. The summed E-state index contributed by atoms with van der Waals surface area (Å²) in [5.41, 5.74) is 0.114. The molecule has 0 aromatic rings. The number of sulfonamides is 1. The summed E-state index contributed by atoms with van der Waals surface area (Å²) in [7, 11) is -1.90. The molecule has 0 radical (unpaired) electrons. The highest BCUT2D eigenvalue weighted by atomic mass is 32.2. The van der Waals surface area contributed by atoms with Crippen LogP contribution >= 0.6 is 0 Å². The Morgan fingerprint density at radius 2 is 1.83 bits per heavy atom. The third-order valence-corrected chi connectivity index (χ3v) is 4.66. The third-order valence-electron chi connectivity index (χ3n) is 2.76. The highest BCUT2D eigenvalue weighted by molar-refractivity contribution is 7.89. The van der Waals surface area contributed by atoms with Gasteiger partial charge in [0.05, 0.1) is 11.7 Å². The molecule has 0 aromatic heterocycles. The van der Waals surface area contributed by atoms with Crippen molar-refractivity contribution in [1.82, 2.24) is 4.31 Å². The van der Waals surface area contributed by atoms with E-state index in [1.807, 2.05) is 0 Å².